The highest BCUT2D eigenvalue weighted by atomic mass is 79.9. The van der Waals surface area contributed by atoms with E-state index in [0.29, 0.717) is 37.4 Å². The topological polar surface area (TPSA) is 49.4 Å². The highest BCUT2D eigenvalue weighted by Crippen LogP contribution is 2.13. The van der Waals surface area contributed by atoms with Gasteiger partial charge in [0.05, 0.1) is 0 Å². The number of carbonyl (C=O) groups is 2. The van der Waals surface area contributed by atoms with Crippen LogP contribution >= 0.6 is 15.9 Å². The second-order valence-electron chi connectivity index (χ2n) is 5.66. The summed E-state index contributed by atoms with van der Waals surface area (Å²) in [6.07, 6.45) is 1.38. The average Bonchev–Trinajstić information content (AvgIpc) is 2.54. The van der Waals surface area contributed by atoms with Gasteiger partial charge in [-0.1, -0.05) is 41.9 Å². The third-order valence-electron chi connectivity index (χ3n) is 4.00. The minimum absolute atomic E-state index is 0.0209. The molecule has 0 saturated heterocycles. The fourth-order valence-corrected chi connectivity index (χ4v) is 2.78. The first-order valence-electron chi connectivity index (χ1n) is 8.27. The second kappa shape index (κ2) is 10.6. The fourth-order valence-electron chi connectivity index (χ4n) is 2.52. The summed E-state index contributed by atoms with van der Waals surface area (Å²) in [4.78, 5) is 26.2. The molecule has 1 rings (SSSR count). The lowest BCUT2D eigenvalue weighted by Gasteiger charge is -2.26. The summed E-state index contributed by atoms with van der Waals surface area (Å²) in [6.45, 7) is 8.97. The number of carbonyl (C=O) groups excluding carboxylic acids is 2. The Hall–Kier alpha value is -1.20. The van der Waals surface area contributed by atoms with Crippen LogP contribution in [0, 0.1) is 0 Å². The molecule has 1 atom stereocenters. The Morgan fingerprint density at radius 3 is 2.30 bits per heavy atom. The number of nitrogens with one attached hydrogen (secondary N) is 1. The molecule has 4 nitrogen and oxygen atoms in total. The third kappa shape index (κ3) is 7.27. The van der Waals surface area contributed by atoms with Crippen LogP contribution in [0.5, 0.6) is 0 Å². The van der Waals surface area contributed by atoms with E-state index in [-0.39, 0.29) is 11.7 Å². The van der Waals surface area contributed by atoms with Gasteiger partial charge in [-0.3, -0.25) is 14.5 Å². The van der Waals surface area contributed by atoms with Crippen molar-refractivity contribution in [3.63, 3.8) is 0 Å². The molecule has 0 spiro atoms. The lowest BCUT2D eigenvalue weighted by molar-refractivity contribution is -0.121. The molecular formula is C18H27BrN2O2. The minimum atomic E-state index is 0.0209. The summed E-state index contributed by atoms with van der Waals surface area (Å²) in [5.41, 5.74) is 0.698. The Morgan fingerprint density at radius 2 is 1.74 bits per heavy atom. The van der Waals surface area contributed by atoms with Crippen molar-refractivity contribution in [2.45, 2.75) is 46.1 Å². The molecule has 0 fully saturated rings. The second-order valence-corrected chi connectivity index (χ2v) is 6.57. The molecule has 0 heterocycles. The molecule has 0 aliphatic carbocycles. The molecule has 0 aromatic heterocycles. The van der Waals surface area contributed by atoms with E-state index in [4.69, 9.17) is 0 Å². The van der Waals surface area contributed by atoms with E-state index in [1.165, 1.54) is 0 Å². The van der Waals surface area contributed by atoms with E-state index in [1.807, 2.05) is 12.1 Å². The molecule has 1 aromatic rings. The summed E-state index contributed by atoms with van der Waals surface area (Å²) in [5, 5.41) is 2.95. The molecule has 1 unspecified atom stereocenters. The van der Waals surface area contributed by atoms with Crippen LogP contribution in [0.25, 0.3) is 0 Å². The fraction of sp³-hybridized carbons (Fsp3) is 0.556. The van der Waals surface area contributed by atoms with Crippen molar-refractivity contribution >= 4 is 27.6 Å². The highest BCUT2D eigenvalue weighted by Gasteiger charge is 2.12. The molecule has 0 radical (unpaired) electrons. The normalized spacial score (nSPS) is 12.2. The molecule has 128 valence electrons. The Labute approximate surface area is 147 Å². The summed E-state index contributed by atoms with van der Waals surface area (Å²) in [7, 11) is 0. The molecule has 1 amide bonds. The van der Waals surface area contributed by atoms with Crippen LogP contribution in [0.3, 0.4) is 0 Å². The van der Waals surface area contributed by atoms with Crippen LogP contribution in [0.2, 0.25) is 0 Å². The molecule has 1 N–H and O–H groups in total. The lowest BCUT2D eigenvalue weighted by Crippen LogP contribution is -2.41. The van der Waals surface area contributed by atoms with Crippen LogP contribution in [0.4, 0.5) is 0 Å². The average molecular weight is 383 g/mol. The molecular weight excluding hydrogens is 356 g/mol. The van der Waals surface area contributed by atoms with Crippen LogP contribution in [0.1, 0.15) is 50.4 Å². The maximum atomic E-state index is 12.0. The molecule has 5 heteroatoms. The third-order valence-corrected chi connectivity index (χ3v) is 4.53. The van der Waals surface area contributed by atoms with E-state index in [2.05, 4.69) is 46.9 Å². The van der Waals surface area contributed by atoms with E-state index in [1.54, 1.807) is 12.1 Å². The summed E-state index contributed by atoms with van der Waals surface area (Å²) >= 11 is 3.35. The van der Waals surface area contributed by atoms with Crippen molar-refractivity contribution in [1.29, 1.82) is 0 Å². The van der Waals surface area contributed by atoms with Crippen molar-refractivity contribution in [3.05, 3.63) is 34.3 Å². The zero-order chi connectivity index (χ0) is 17.2. The van der Waals surface area contributed by atoms with Gasteiger partial charge < -0.3 is 5.32 Å². The van der Waals surface area contributed by atoms with E-state index < -0.39 is 0 Å². The Morgan fingerprint density at radius 1 is 1.13 bits per heavy atom. The highest BCUT2D eigenvalue weighted by molar-refractivity contribution is 9.10. The number of Topliss-reactive ketones (excluding diaryl/α,β-unsaturated/α-hetero) is 1. The van der Waals surface area contributed by atoms with Gasteiger partial charge in [0.1, 0.15) is 0 Å². The number of hydrogen-bond donors (Lipinski definition) is 1. The number of nitrogens with zero attached hydrogens (tertiary/aromatic N) is 1. The predicted molar refractivity (Wildman–Crippen MR) is 97.7 cm³/mol. The Bertz CT molecular complexity index is 498. The standard InChI is InChI=1S/C18H27BrN2O2/c1-4-21(5-2)14(3)13-20-18(23)8-6-7-17(22)15-9-11-16(19)12-10-15/h9-12,14H,4-8,13H2,1-3H3,(H,20,23). The van der Waals surface area contributed by atoms with Gasteiger partial charge >= 0.3 is 0 Å². The first kappa shape index (κ1) is 19.8. The number of rotatable bonds is 10. The smallest absolute Gasteiger partial charge is 0.220 e. The zero-order valence-electron chi connectivity index (χ0n) is 14.3. The van der Waals surface area contributed by atoms with Crippen LogP contribution < -0.4 is 5.32 Å². The van der Waals surface area contributed by atoms with Crippen molar-refractivity contribution in [3.8, 4) is 0 Å². The quantitative estimate of drug-likeness (QED) is 0.628. The van der Waals surface area contributed by atoms with Gasteiger partial charge in [-0.15, -0.1) is 0 Å². The van der Waals surface area contributed by atoms with Crippen molar-refractivity contribution < 1.29 is 9.59 Å². The molecule has 0 saturated carbocycles. The zero-order valence-corrected chi connectivity index (χ0v) is 15.9. The summed E-state index contributed by atoms with van der Waals surface area (Å²) < 4.78 is 0.954. The van der Waals surface area contributed by atoms with Crippen LogP contribution in [0.15, 0.2) is 28.7 Å². The van der Waals surface area contributed by atoms with Gasteiger partial charge in [-0.2, -0.15) is 0 Å². The van der Waals surface area contributed by atoms with Gasteiger partial charge in [-0.25, -0.2) is 0 Å². The monoisotopic (exact) mass is 382 g/mol. The van der Waals surface area contributed by atoms with Gasteiger partial charge in [0, 0.05) is 35.5 Å². The van der Waals surface area contributed by atoms with Gasteiger partial charge in [0.2, 0.25) is 5.91 Å². The van der Waals surface area contributed by atoms with E-state index in [9.17, 15) is 9.59 Å². The lowest BCUT2D eigenvalue weighted by atomic mass is 10.1. The number of hydrogen-bond acceptors (Lipinski definition) is 3. The number of halogens is 1. The van der Waals surface area contributed by atoms with E-state index in [0.717, 1.165) is 17.6 Å². The van der Waals surface area contributed by atoms with Crippen molar-refractivity contribution in [2.75, 3.05) is 19.6 Å². The molecule has 0 aliphatic heterocycles. The maximum Gasteiger partial charge on any atom is 0.220 e. The first-order valence-corrected chi connectivity index (χ1v) is 9.06. The molecule has 0 bridgehead atoms. The van der Waals surface area contributed by atoms with Gasteiger partial charge in [0.15, 0.2) is 5.78 Å². The van der Waals surface area contributed by atoms with Crippen LogP contribution in [-0.2, 0) is 4.79 Å². The Kier molecular flexibility index (Phi) is 9.10. The number of ketones is 1. The largest absolute Gasteiger partial charge is 0.355 e. The minimum Gasteiger partial charge on any atom is -0.355 e. The number of amides is 1. The molecule has 23 heavy (non-hydrogen) atoms. The van der Waals surface area contributed by atoms with Crippen molar-refractivity contribution in [2.24, 2.45) is 0 Å². The Balaban J connectivity index is 2.26. The maximum absolute atomic E-state index is 12.0. The molecule has 1 aromatic carbocycles. The number of likely N-dealkylation sites (N-methyl/N-ethyl adjacent to an activating group) is 1. The molecule has 0 aliphatic rings. The van der Waals surface area contributed by atoms with E-state index >= 15 is 0 Å². The number of benzene rings is 1. The predicted octanol–water partition coefficient (Wildman–Crippen LogP) is 3.65. The summed E-state index contributed by atoms with van der Waals surface area (Å²) in [5.74, 6) is 0.106. The van der Waals surface area contributed by atoms with Crippen molar-refractivity contribution in [1.82, 2.24) is 10.2 Å². The first-order chi connectivity index (χ1) is 11.0. The summed E-state index contributed by atoms with van der Waals surface area (Å²) in [6, 6.07) is 7.65. The SMILES string of the molecule is CCN(CC)C(C)CNC(=O)CCCC(=O)c1ccc(Br)cc1. The van der Waals surface area contributed by atoms with Gasteiger partial charge in [0.25, 0.3) is 0 Å². The van der Waals surface area contributed by atoms with Crippen LogP contribution in [-0.4, -0.2) is 42.3 Å². The van der Waals surface area contributed by atoms with Gasteiger partial charge in [-0.05, 0) is 38.6 Å².